The van der Waals surface area contributed by atoms with E-state index in [-0.39, 0.29) is 23.6 Å². The van der Waals surface area contributed by atoms with Gasteiger partial charge in [-0.2, -0.15) is 0 Å². The molecule has 0 saturated carbocycles. The zero-order chi connectivity index (χ0) is 17.0. The Morgan fingerprint density at radius 2 is 1.91 bits per heavy atom. The van der Waals surface area contributed by atoms with Gasteiger partial charge in [0.1, 0.15) is 6.10 Å². The summed E-state index contributed by atoms with van der Waals surface area (Å²) in [5.74, 6) is -0.314. The molecule has 2 rings (SSSR count). The maximum absolute atomic E-state index is 12.3. The van der Waals surface area contributed by atoms with E-state index in [0.717, 1.165) is 5.56 Å². The smallest absolute Gasteiger partial charge is 0.251 e. The molecule has 2 atom stereocenters. The van der Waals surface area contributed by atoms with E-state index in [2.05, 4.69) is 5.32 Å². The molecule has 6 heteroatoms. The van der Waals surface area contributed by atoms with E-state index < -0.39 is 0 Å². The lowest BCUT2D eigenvalue weighted by Gasteiger charge is -2.24. The van der Waals surface area contributed by atoms with Gasteiger partial charge in [0.05, 0.1) is 6.04 Å². The van der Waals surface area contributed by atoms with Crippen molar-refractivity contribution in [1.82, 2.24) is 9.88 Å². The van der Waals surface area contributed by atoms with Gasteiger partial charge in [-0.15, -0.1) is 0 Å². The van der Waals surface area contributed by atoms with E-state index in [4.69, 9.17) is 16.3 Å². The minimum absolute atomic E-state index is 0.230. The SMILES string of the molecule is CO[C@@H](c1ccc(Cl)cc1)[C@H](C)NC(=O)c1ccn(C)c(=O)c1. The lowest BCUT2D eigenvalue weighted by molar-refractivity contribution is 0.0645. The number of hydrogen-bond donors (Lipinski definition) is 1. The Morgan fingerprint density at radius 1 is 1.26 bits per heavy atom. The summed E-state index contributed by atoms with van der Waals surface area (Å²) in [7, 11) is 3.22. The van der Waals surface area contributed by atoms with Gasteiger partial charge >= 0.3 is 0 Å². The molecule has 0 bridgehead atoms. The molecule has 0 aliphatic carbocycles. The first-order valence-corrected chi connectivity index (χ1v) is 7.56. The van der Waals surface area contributed by atoms with Crippen molar-refractivity contribution in [3.63, 3.8) is 0 Å². The number of nitrogens with one attached hydrogen (secondary N) is 1. The van der Waals surface area contributed by atoms with E-state index >= 15 is 0 Å². The van der Waals surface area contributed by atoms with Crippen molar-refractivity contribution in [2.45, 2.75) is 19.1 Å². The first-order valence-electron chi connectivity index (χ1n) is 7.18. The molecule has 0 radical (unpaired) electrons. The lowest BCUT2D eigenvalue weighted by Crippen LogP contribution is -2.38. The summed E-state index contributed by atoms with van der Waals surface area (Å²) in [5.41, 5.74) is 1.01. The van der Waals surface area contributed by atoms with Gasteiger partial charge in [0.2, 0.25) is 0 Å². The summed E-state index contributed by atoms with van der Waals surface area (Å²) >= 11 is 5.89. The maximum atomic E-state index is 12.3. The fraction of sp³-hybridized carbons (Fsp3) is 0.294. The quantitative estimate of drug-likeness (QED) is 0.914. The molecule has 0 fully saturated rings. The minimum atomic E-state index is -0.317. The summed E-state index contributed by atoms with van der Waals surface area (Å²) in [6.45, 7) is 1.85. The summed E-state index contributed by atoms with van der Waals surface area (Å²) in [6, 6.07) is 9.91. The van der Waals surface area contributed by atoms with Gasteiger partial charge < -0.3 is 14.6 Å². The van der Waals surface area contributed by atoms with Crippen molar-refractivity contribution in [3.8, 4) is 0 Å². The number of nitrogens with zero attached hydrogens (tertiary/aromatic N) is 1. The number of rotatable bonds is 5. The monoisotopic (exact) mass is 334 g/mol. The van der Waals surface area contributed by atoms with Gasteiger partial charge in [-0.05, 0) is 30.7 Å². The molecule has 1 amide bonds. The number of pyridine rings is 1. The number of benzene rings is 1. The Bertz CT molecular complexity index is 740. The first kappa shape index (κ1) is 17.2. The third-order valence-corrected chi connectivity index (χ3v) is 3.88. The second kappa shape index (κ2) is 7.44. The molecule has 5 nitrogen and oxygen atoms in total. The molecule has 122 valence electrons. The summed E-state index contributed by atoms with van der Waals surface area (Å²) in [6.07, 6.45) is 1.25. The number of amides is 1. The molecule has 2 aromatic rings. The normalized spacial score (nSPS) is 13.4. The zero-order valence-electron chi connectivity index (χ0n) is 13.2. The summed E-state index contributed by atoms with van der Waals surface area (Å²) in [4.78, 5) is 23.9. The van der Waals surface area contributed by atoms with Crippen molar-refractivity contribution in [2.24, 2.45) is 7.05 Å². The zero-order valence-corrected chi connectivity index (χ0v) is 14.0. The largest absolute Gasteiger partial charge is 0.375 e. The number of ether oxygens (including phenoxy) is 1. The molecule has 1 heterocycles. The van der Waals surface area contributed by atoms with Gasteiger partial charge in [0, 0.05) is 37.0 Å². The van der Waals surface area contributed by atoms with E-state index in [0.29, 0.717) is 10.6 Å². The molecule has 0 unspecified atom stereocenters. The van der Waals surface area contributed by atoms with Crippen LogP contribution in [0.3, 0.4) is 0 Å². The van der Waals surface area contributed by atoms with Crippen LogP contribution in [-0.2, 0) is 11.8 Å². The standard InChI is InChI=1S/C17H19ClN2O3/c1-11(16(23-3)12-4-6-14(18)7-5-12)19-17(22)13-8-9-20(2)15(21)10-13/h4-11,16H,1-3H3,(H,19,22)/t11-,16+/m0/s1. The third kappa shape index (κ3) is 4.21. The van der Waals surface area contributed by atoms with Crippen LogP contribution in [0.15, 0.2) is 47.4 Å². The molecule has 0 aliphatic heterocycles. The number of halogens is 1. The predicted molar refractivity (Wildman–Crippen MR) is 89.8 cm³/mol. The maximum Gasteiger partial charge on any atom is 0.251 e. The van der Waals surface area contributed by atoms with Gasteiger partial charge in [0.15, 0.2) is 0 Å². The fourth-order valence-electron chi connectivity index (χ4n) is 2.34. The molecule has 1 N–H and O–H groups in total. The minimum Gasteiger partial charge on any atom is -0.375 e. The number of carbonyl (C=O) groups excluding carboxylic acids is 1. The van der Waals surface area contributed by atoms with Crippen LogP contribution >= 0.6 is 11.6 Å². The van der Waals surface area contributed by atoms with Crippen molar-refractivity contribution in [3.05, 3.63) is 69.1 Å². The van der Waals surface area contributed by atoms with Crippen LogP contribution in [0.25, 0.3) is 0 Å². The van der Waals surface area contributed by atoms with Crippen molar-refractivity contribution in [1.29, 1.82) is 0 Å². The predicted octanol–water partition coefficient (Wildman–Crippen LogP) is 2.54. The van der Waals surface area contributed by atoms with Crippen LogP contribution in [0.5, 0.6) is 0 Å². The highest BCUT2D eigenvalue weighted by Gasteiger charge is 2.21. The van der Waals surface area contributed by atoms with Gasteiger partial charge in [-0.3, -0.25) is 9.59 Å². The Balaban J connectivity index is 2.13. The van der Waals surface area contributed by atoms with Crippen molar-refractivity contribution < 1.29 is 9.53 Å². The van der Waals surface area contributed by atoms with Crippen LogP contribution < -0.4 is 10.9 Å². The second-order valence-electron chi connectivity index (χ2n) is 5.33. The molecule has 1 aromatic heterocycles. The summed E-state index contributed by atoms with van der Waals surface area (Å²) in [5, 5.41) is 3.50. The Morgan fingerprint density at radius 3 is 2.48 bits per heavy atom. The van der Waals surface area contributed by atoms with Gasteiger partial charge in [-0.25, -0.2) is 0 Å². The van der Waals surface area contributed by atoms with Gasteiger partial charge in [0.25, 0.3) is 11.5 Å². The molecule has 0 aliphatic rings. The van der Waals surface area contributed by atoms with Crippen molar-refractivity contribution >= 4 is 17.5 Å². The van der Waals surface area contributed by atoms with E-state index in [1.165, 1.54) is 10.6 Å². The van der Waals surface area contributed by atoms with Crippen LogP contribution in [0.2, 0.25) is 5.02 Å². The Labute approximate surface area is 139 Å². The molecular formula is C17H19ClN2O3. The highest BCUT2D eigenvalue weighted by molar-refractivity contribution is 6.30. The van der Waals surface area contributed by atoms with Crippen LogP contribution in [0.1, 0.15) is 28.9 Å². The Hall–Kier alpha value is -2.11. The van der Waals surface area contributed by atoms with E-state index in [9.17, 15) is 9.59 Å². The highest BCUT2D eigenvalue weighted by atomic mass is 35.5. The molecular weight excluding hydrogens is 316 g/mol. The second-order valence-corrected chi connectivity index (χ2v) is 5.77. The van der Waals surface area contributed by atoms with E-state index in [1.807, 2.05) is 19.1 Å². The number of carbonyl (C=O) groups is 1. The van der Waals surface area contributed by atoms with Crippen molar-refractivity contribution in [2.75, 3.05) is 7.11 Å². The highest BCUT2D eigenvalue weighted by Crippen LogP contribution is 2.22. The number of methoxy groups -OCH3 is 1. The molecule has 0 spiro atoms. The molecule has 23 heavy (non-hydrogen) atoms. The molecule has 1 aromatic carbocycles. The summed E-state index contributed by atoms with van der Waals surface area (Å²) < 4.78 is 6.90. The van der Waals surface area contributed by atoms with E-state index in [1.54, 1.807) is 38.6 Å². The van der Waals surface area contributed by atoms with Crippen LogP contribution in [-0.4, -0.2) is 23.6 Å². The van der Waals surface area contributed by atoms with Crippen LogP contribution in [0, 0.1) is 0 Å². The van der Waals surface area contributed by atoms with Crippen LogP contribution in [0.4, 0.5) is 0 Å². The average molecular weight is 335 g/mol. The van der Waals surface area contributed by atoms with Gasteiger partial charge in [-0.1, -0.05) is 23.7 Å². The topological polar surface area (TPSA) is 60.3 Å². The number of aryl methyl sites for hydroxylation is 1. The number of hydrogen-bond acceptors (Lipinski definition) is 3. The Kier molecular flexibility index (Phi) is 5.58. The third-order valence-electron chi connectivity index (χ3n) is 3.63. The average Bonchev–Trinajstić information content (AvgIpc) is 2.52. The first-order chi connectivity index (χ1) is 10.9. The fourth-order valence-corrected chi connectivity index (χ4v) is 2.46. The number of aromatic nitrogens is 1. The lowest BCUT2D eigenvalue weighted by atomic mass is 10.0. The molecule has 0 saturated heterocycles.